The van der Waals surface area contributed by atoms with Gasteiger partial charge in [-0.15, -0.1) is 0 Å². The van der Waals surface area contributed by atoms with E-state index in [1.165, 1.54) is 11.1 Å². The molecular weight excluding hydrogens is 460 g/mol. The average Bonchev–Trinajstić information content (AvgIpc) is 3.35. The van der Waals surface area contributed by atoms with Gasteiger partial charge in [0.1, 0.15) is 0 Å². The second-order valence-electron chi connectivity index (χ2n) is 10.1. The highest BCUT2D eigenvalue weighted by atomic mass is 16.2. The number of para-hydroxylation sites is 1. The van der Waals surface area contributed by atoms with Crippen molar-refractivity contribution in [3.8, 4) is 11.1 Å². The minimum atomic E-state index is -0.0735. The zero-order valence-electron chi connectivity index (χ0n) is 22.2. The summed E-state index contributed by atoms with van der Waals surface area (Å²) in [5, 5.41) is 6.81. The van der Waals surface area contributed by atoms with E-state index >= 15 is 0 Å². The van der Waals surface area contributed by atoms with Crippen molar-refractivity contribution in [1.82, 2.24) is 15.3 Å². The molecule has 6 nitrogen and oxygen atoms in total. The Morgan fingerprint density at radius 2 is 1.49 bits per heavy atom. The van der Waals surface area contributed by atoms with Crippen molar-refractivity contribution in [2.45, 2.75) is 39.8 Å². The molecule has 0 bridgehead atoms. The summed E-state index contributed by atoms with van der Waals surface area (Å²) in [5.41, 5.74) is 5.41. The summed E-state index contributed by atoms with van der Waals surface area (Å²) in [7, 11) is 1.82. The van der Waals surface area contributed by atoms with Crippen LogP contribution in [0.4, 0.5) is 5.69 Å². The summed E-state index contributed by atoms with van der Waals surface area (Å²) in [6.45, 7) is 6.64. The lowest BCUT2D eigenvalue weighted by molar-refractivity contribution is -0.145. The van der Waals surface area contributed by atoms with Gasteiger partial charge >= 0.3 is 0 Å². The van der Waals surface area contributed by atoms with Gasteiger partial charge in [0, 0.05) is 37.9 Å². The van der Waals surface area contributed by atoms with Gasteiger partial charge in [-0.1, -0.05) is 86.6 Å². The lowest BCUT2D eigenvalue weighted by atomic mass is 10.0. The average molecular weight is 499 g/mol. The summed E-state index contributed by atoms with van der Waals surface area (Å²) < 4.78 is 0. The largest absolute Gasteiger partial charge is 0.355 e. The number of nitrogens with one attached hydrogen (secondary N) is 1. The summed E-state index contributed by atoms with van der Waals surface area (Å²) in [6, 6.07) is 26.4. The Kier molecular flexibility index (Phi) is 8.96. The van der Waals surface area contributed by atoms with Crippen LogP contribution in [0.2, 0.25) is 0 Å². The van der Waals surface area contributed by atoms with E-state index in [0.717, 1.165) is 29.7 Å². The van der Waals surface area contributed by atoms with Crippen molar-refractivity contribution in [1.29, 1.82) is 0 Å². The van der Waals surface area contributed by atoms with E-state index < -0.39 is 0 Å². The molecule has 37 heavy (non-hydrogen) atoms. The smallest absolute Gasteiger partial charge is 0.256 e. The number of nitrogens with zero attached hydrogens (tertiary/aromatic N) is 3. The molecule has 4 rings (SSSR count). The molecule has 6 heteroatoms. The highest BCUT2D eigenvalue weighted by molar-refractivity contribution is 5.89. The maximum Gasteiger partial charge on any atom is 0.256 e. The van der Waals surface area contributed by atoms with Gasteiger partial charge in [0.2, 0.25) is 5.91 Å². The van der Waals surface area contributed by atoms with Gasteiger partial charge in [-0.05, 0) is 41.5 Å². The molecule has 0 unspecified atom stereocenters. The third-order valence-electron chi connectivity index (χ3n) is 6.88. The third kappa shape index (κ3) is 6.98. The van der Waals surface area contributed by atoms with Crippen LogP contribution in [0.3, 0.4) is 0 Å². The zero-order chi connectivity index (χ0) is 26.2. The fourth-order valence-corrected chi connectivity index (χ4v) is 4.76. The van der Waals surface area contributed by atoms with Crippen LogP contribution >= 0.6 is 0 Å². The first-order chi connectivity index (χ1) is 17.9. The molecule has 0 fully saturated rings. The predicted molar refractivity (Wildman–Crippen MR) is 150 cm³/mol. The number of rotatable bonds is 11. The summed E-state index contributed by atoms with van der Waals surface area (Å²) in [6.07, 6.45) is 2.02. The van der Waals surface area contributed by atoms with E-state index in [9.17, 15) is 9.59 Å². The van der Waals surface area contributed by atoms with Crippen molar-refractivity contribution >= 4 is 17.5 Å². The van der Waals surface area contributed by atoms with Crippen LogP contribution in [0.1, 0.15) is 37.8 Å². The number of amides is 2. The minimum Gasteiger partial charge on any atom is -0.355 e. The molecule has 3 aromatic carbocycles. The van der Waals surface area contributed by atoms with Gasteiger partial charge < -0.3 is 10.2 Å². The maximum atomic E-state index is 13.5. The van der Waals surface area contributed by atoms with E-state index in [1.807, 2.05) is 66.5 Å². The van der Waals surface area contributed by atoms with Crippen molar-refractivity contribution in [2.24, 2.45) is 5.92 Å². The number of carbonyl (C=O) groups excluding carboxylic acids is 2. The monoisotopic (exact) mass is 498 g/mol. The van der Waals surface area contributed by atoms with Crippen molar-refractivity contribution in [3.05, 3.63) is 90.0 Å². The van der Waals surface area contributed by atoms with Crippen molar-refractivity contribution in [3.63, 3.8) is 0 Å². The normalized spacial score (nSPS) is 12.9. The van der Waals surface area contributed by atoms with Gasteiger partial charge in [0.05, 0.1) is 13.1 Å². The second-order valence-corrected chi connectivity index (χ2v) is 10.1. The third-order valence-corrected chi connectivity index (χ3v) is 6.88. The summed E-state index contributed by atoms with van der Waals surface area (Å²) in [5.74, 6) is 0.481. The molecule has 0 saturated heterocycles. The van der Waals surface area contributed by atoms with Gasteiger partial charge in [-0.25, -0.2) is 5.01 Å². The number of carbonyl (C=O) groups is 2. The van der Waals surface area contributed by atoms with Gasteiger partial charge in [-0.2, -0.15) is 0 Å². The topological polar surface area (TPSA) is 55.9 Å². The van der Waals surface area contributed by atoms with E-state index in [1.54, 1.807) is 5.01 Å². The Morgan fingerprint density at radius 3 is 2.16 bits per heavy atom. The molecule has 0 aliphatic carbocycles. The summed E-state index contributed by atoms with van der Waals surface area (Å²) >= 11 is 0. The van der Waals surface area contributed by atoms with Crippen LogP contribution in [0.5, 0.6) is 0 Å². The molecule has 2 amide bonds. The van der Waals surface area contributed by atoms with E-state index in [-0.39, 0.29) is 24.9 Å². The number of likely N-dealkylation sites (N-methyl/N-ethyl adjacent to an activating group) is 1. The molecule has 3 aromatic rings. The van der Waals surface area contributed by atoms with Crippen LogP contribution in [0.15, 0.2) is 78.9 Å². The molecule has 1 heterocycles. The molecule has 194 valence electrons. The molecular formula is C31H38N4O2. The van der Waals surface area contributed by atoms with E-state index in [2.05, 4.69) is 48.4 Å². The Labute approximate surface area is 220 Å². The van der Waals surface area contributed by atoms with Crippen molar-refractivity contribution < 1.29 is 9.59 Å². The molecule has 1 aliphatic rings. The first kappa shape index (κ1) is 26.4. The molecule has 0 aromatic heterocycles. The lowest BCUT2D eigenvalue weighted by Gasteiger charge is -2.32. The fourth-order valence-electron chi connectivity index (χ4n) is 4.76. The Hall–Kier alpha value is -3.64. The number of fused-ring (bicyclic) bond motifs is 1. The van der Waals surface area contributed by atoms with E-state index in [4.69, 9.17) is 0 Å². The lowest BCUT2D eigenvalue weighted by Crippen LogP contribution is -2.48. The van der Waals surface area contributed by atoms with Gasteiger partial charge in [0.15, 0.2) is 0 Å². The fraction of sp³-hybridized carbons (Fsp3) is 0.355. The van der Waals surface area contributed by atoms with Gasteiger partial charge in [-0.3, -0.25) is 14.6 Å². The predicted octanol–water partition coefficient (Wildman–Crippen LogP) is 5.10. The maximum absolute atomic E-state index is 13.5. The first-order valence-electron chi connectivity index (χ1n) is 13.2. The zero-order valence-corrected chi connectivity index (χ0v) is 22.2. The molecule has 0 spiro atoms. The SMILES string of the molecule is CC(C)CCCNC(=O)CN(CC(=O)N(C)N1Cc2ccccc2C1)c1ccccc1-c1ccccc1. The molecule has 1 N–H and O–H groups in total. The Morgan fingerprint density at radius 1 is 0.865 bits per heavy atom. The van der Waals surface area contributed by atoms with Crippen LogP contribution in [0.25, 0.3) is 11.1 Å². The summed E-state index contributed by atoms with van der Waals surface area (Å²) in [4.78, 5) is 28.4. The number of hydrazine groups is 1. The number of anilines is 1. The molecule has 0 atom stereocenters. The standard InChI is InChI=1S/C31H38N4O2/c1-24(2)12-11-19-32-30(36)22-34(29-18-10-9-17-28(29)25-13-5-4-6-14-25)23-31(37)33(3)35-20-26-15-7-8-16-27(26)21-35/h4-10,13-18,24H,11-12,19-23H2,1-3H3,(H,32,36). The van der Waals surface area contributed by atoms with Crippen molar-refractivity contribution in [2.75, 3.05) is 31.6 Å². The second kappa shape index (κ2) is 12.5. The number of hydrogen-bond acceptors (Lipinski definition) is 4. The van der Waals surface area contributed by atoms with Crippen LogP contribution in [-0.2, 0) is 22.7 Å². The van der Waals surface area contributed by atoms with Gasteiger partial charge in [0.25, 0.3) is 5.91 Å². The highest BCUT2D eigenvalue weighted by Gasteiger charge is 2.27. The molecule has 1 aliphatic heterocycles. The highest BCUT2D eigenvalue weighted by Crippen LogP contribution is 2.31. The first-order valence-corrected chi connectivity index (χ1v) is 13.2. The molecule has 0 radical (unpaired) electrons. The molecule has 0 saturated carbocycles. The minimum absolute atomic E-state index is 0.0525. The van der Waals surface area contributed by atoms with Crippen LogP contribution in [-0.4, -0.2) is 48.5 Å². The number of benzene rings is 3. The van der Waals surface area contributed by atoms with E-state index in [0.29, 0.717) is 25.6 Å². The Bertz CT molecular complexity index is 1170. The number of hydrogen-bond donors (Lipinski definition) is 1. The Balaban J connectivity index is 1.52. The van der Waals surface area contributed by atoms with Crippen LogP contribution < -0.4 is 10.2 Å². The van der Waals surface area contributed by atoms with Crippen LogP contribution in [0, 0.1) is 5.92 Å². The quantitative estimate of drug-likeness (QED) is 0.374.